The number of hydrogen-bond donors (Lipinski definition) is 1. The highest BCUT2D eigenvalue weighted by Gasteiger charge is 2.14. The average Bonchev–Trinajstić information content (AvgIpc) is 2.97. The Morgan fingerprint density at radius 2 is 1.92 bits per heavy atom. The minimum absolute atomic E-state index is 0.0886. The molecule has 0 unspecified atom stereocenters. The van der Waals surface area contributed by atoms with Crippen LogP contribution in [0, 0.1) is 0 Å². The third-order valence-electron chi connectivity index (χ3n) is 3.23. The topological polar surface area (TPSA) is 72.6 Å². The Balaban J connectivity index is 1.82. The number of ether oxygens (including phenoxy) is 1. The van der Waals surface area contributed by atoms with Gasteiger partial charge in [0.1, 0.15) is 16.2 Å². The summed E-state index contributed by atoms with van der Waals surface area (Å²) in [5.74, 6) is -0.287. The predicted octanol–water partition coefficient (Wildman–Crippen LogP) is 4.83. The van der Waals surface area contributed by atoms with Crippen LogP contribution in [-0.4, -0.2) is 22.2 Å². The zero-order chi connectivity index (χ0) is 17.8. The molecular weight excluding hydrogens is 338 g/mol. The third kappa shape index (κ3) is 4.42. The molecular formula is C19H17NO4S. The van der Waals surface area contributed by atoms with Crippen molar-refractivity contribution in [2.45, 2.75) is 25.2 Å². The lowest BCUT2D eigenvalue weighted by atomic mass is 10.2. The number of aromatic nitrogens is 1. The van der Waals surface area contributed by atoms with E-state index in [4.69, 9.17) is 9.15 Å². The fourth-order valence-corrected chi connectivity index (χ4v) is 2.94. The fraction of sp³-hybridized carbons (Fsp3) is 0.158. The van der Waals surface area contributed by atoms with Crippen molar-refractivity contribution in [2.75, 3.05) is 0 Å². The predicted molar refractivity (Wildman–Crippen MR) is 97.7 cm³/mol. The van der Waals surface area contributed by atoms with Crippen LogP contribution in [0.5, 0.6) is 5.75 Å². The molecule has 5 nitrogen and oxygen atoms in total. The molecule has 0 fully saturated rings. The Bertz CT molecular complexity index is 880. The minimum Gasteiger partial charge on any atom is -0.491 e. The quantitative estimate of drug-likeness (QED) is 0.504. The van der Waals surface area contributed by atoms with Crippen LogP contribution in [0.15, 0.2) is 63.1 Å². The molecule has 1 N–H and O–H groups in total. The molecule has 0 aliphatic rings. The van der Waals surface area contributed by atoms with Gasteiger partial charge in [0.05, 0.1) is 6.10 Å². The molecule has 128 valence electrons. The highest BCUT2D eigenvalue weighted by molar-refractivity contribution is 8.03. The van der Waals surface area contributed by atoms with Crippen molar-refractivity contribution in [3.8, 4) is 5.75 Å². The maximum atomic E-state index is 11.6. The van der Waals surface area contributed by atoms with Crippen molar-refractivity contribution >= 4 is 34.9 Å². The van der Waals surface area contributed by atoms with E-state index in [1.807, 2.05) is 56.3 Å². The molecule has 3 aromatic rings. The monoisotopic (exact) mass is 355 g/mol. The highest BCUT2D eigenvalue weighted by Crippen LogP contribution is 2.30. The Kier molecular flexibility index (Phi) is 5.09. The molecule has 0 bridgehead atoms. The first kappa shape index (κ1) is 17.1. The summed E-state index contributed by atoms with van der Waals surface area (Å²) in [4.78, 5) is 16.0. The Morgan fingerprint density at radius 1 is 1.20 bits per heavy atom. The summed E-state index contributed by atoms with van der Waals surface area (Å²) in [5, 5.41) is 9.76. The number of carbonyl (C=O) groups is 1. The molecule has 0 radical (unpaired) electrons. The van der Waals surface area contributed by atoms with Crippen molar-refractivity contribution in [1.29, 1.82) is 0 Å². The lowest BCUT2D eigenvalue weighted by molar-refractivity contribution is -0.131. The zero-order valence-corrected chi connectivity index (χ0v) is 14.6. The van der Waals surface area contributed by atoms with Crippen LogP contribution in [0.3, 0.4) is 0 Å². The maximum Gasteiger partial charge on any atom is 0.342 e. The fourth-order valence-electron chi connectivity index (χ4n) is 2.19. The summed E-state index contributed by atoms with van der Waals surface area (Å²) < 4.78 is 11.2. The van der Waals surface area contributed by atoms with Gasteiger partial charge in [-0.15, -0.1) is 0 Å². The van der Waals surface area contributed by atoms with Gasteiger partial charge in [-0.3, -0.25) is 0 Å². The molecule has 0 atom stereocenters. The summed E-state index contributed by atoms with van der Waals surface area (Å²) in [6, 6.07) is 14.6. The van der Waals surface area contributed by atoms with Gasteiger partial charge in [0, 0.05) is 0 Å². The molecule has 0 saturated carbocycles. The van der Waals surface area contributed by atoms with Crippen LogP contribution in [-0.2, 0) is 4.79 Å². The van der Waals surface area contributed by atoms with Gasteiger partial charge in [-0.05, 0) is 61.5 Å². The smallest absolute Gasteiger partial charge is 0.342 e. The Morgan fingerprint density at radius 3 is 2.56 bits per heavy atom. The van der Waals surface area contributed by atoms with Crippen LogP contribution in [0.25, 0.3) is 17.2 Å². The number of thioether (sulfide) groups is 1. The Labute approximate surface area is 149 Å². The second kappa shape index (κ2) is 7.44. The summed E-state index contributed by atoms with van der Waals surface area (Å²) in [7, 11) is 0. The van der Waals surface area contributed by atoms with E-state index in [1.54, 1.807) is 12.1 Å². The van der Waals surface area contributed by atoms with E-state index < -0.39 is 5.97 Å². The first-order valence-electron chi connectivity index (χ1n) is 7.76. The van der Waals surface area contributed by atoms with Crippen molar-refractivity contribution < 1.29 is 19.1 Å². The molecule has 0 aliphatic heterocycles. The van der Waals surface area contributed by atoms with E-state index in [0.717, 1.165) is 23.1 Å². The number of carboxylic acids is 1. The van der Waals surface area contributed by atoms with E-state index in [1.165, 1.54) is 0 Å². The largest absolute Gasteiger partial charge is 0.491 e. The van der Waals surface area contributed by atoms with E-state index >= 15 is 0 Å². The van der Waals surface area contributed by atoms with Crippen molar-refractivity contribution in [3.63, 3.8) is 0 Å². The number of rotatable bonds is 6. The third-order valence-corrected chi connectivity index (χ3v) is 4.09. The molecule has 1 aromatic heterocycles. The molecule has 0 aliphatic carbocycles. The first-order valence-corrected chi connectivity index (χ1v) is 8.58. The molecule has 0 saturated heterocycles. The second-order valence-electron chi connectivity index (χ2n) is 5.60. The standard InChI is InChI=1S/C19H17NO4S/c1-12(2)23-14-9-7-13(8-10-14)11-17(18(21)22)25-19-20-15-5-3-4-6-16(15)24-19/h3-12H,1-2H3,(H,21,22)/b17-11+. The maximum absolute atomic E-state index is 11.6. The number of oxazole rings is 1. The van der Waals surface area contributed by atoms with E-state index in [-0.39, 0.29) is 11.0 Å². The van der Waals surface area contributed by atoms with Crippen molar-refractivity contribution in [2.24, 2.45) is 0 Å². The van der Waals surface area contributed by atoms with E-state index in [0.29, 0.717) is 16.3 Å². The number of nitrogens with zero attached hydrogens (tertiary/aromatic N) is 1. The van der Waals surface area contributed by atoms with Crippen LogP contribution in [0.4, 0.5) is 0 Å². The number of carboxylic acid groups (broad SMARTS) is 1. The zero-order valence-electron chi connectivity index (χ0n) is 13.8. The van der Waals surface area contributed by atoms with Crippen LogP contribution in [0.2, 0.25) is 0 Å². The lowest BCUT2D eigenvalue weighted by Gasteiger charge is -2.09. The van der Waals surface area contributed by atoms with E-state index in [9.17, 15) is 9.90 Å². The summed E-state index contributed by atoms with van der Waals surface area (Å²) >= 11 is 0.985. The van der Waals surface area contributed by atoms with E-state index in [2.05, 4.69) is 4.98 Å². The van der Waals surface area contributed by atoms with Crippen molar-refractivity contribution in [3.05, 3.63) is 59.0 Å². The summed E-state index contributed by atoms with van der Waals surface area (Å²) in [6.45, 7) is 3.90. The van der Waals surface area contributed by atoms with Gasteiger partial charge in [-0.25, -0.2) is 9.78 Å². The van der Waals surface area contributed by atoms with Gasteiger partial charge >= 0.3 is 5.97 Å². The first-order chi connectivity index (χ1) is 12.0. The van der Waals surface area contributed by atoms with Crippen molar-refractivity contribution in [1.82, 2.24) is 4.98 Å². The molecule has 1 heterocycles. The van der Waals surface area contributed by atoms with Gasteiger partial charge in [-0.2, -0.15) is 0 Å². The molecule has 6 heteroatoms. The van der Waals surface area contributed by atoms with Gasteiger partial charge < -0.3 is 14.3 Å². The second-order valence-corrected chi connectivity index (χ2v) is 6.59. The van der Waals surface area contributed by atoms with Crippen LogP contribution in [0.1, 0.15) is 19.4 Å². The van der Waals surface area contributed by atoms with Gasteiger partial charge in [0.15, 0.2) is 5.58 Å². The van der Waals surface area contributed by atoms with Gasteiger partial charge in [0.25, 0.3) is 5.22 Å². The number of hydrogen-bond acceptors (Lipinski definition) is 5. The minimum atomic E-state index is -1.03. The van der Waals surface area contributed by atoms with Crippen LogP contribution >= 0.6 is 11.8 Å². The average molecular weight is 355 g/mol. The van der Waals surface area contributed by atoms with Crippen LogP contribution < -0.4 is 4.74 Å². The summed E-state index contributed by atoms with van der Waals surface area (Å²) in [5.41, 5.74) is 2.09. The summed E-state index contributed by atoms with van der Waals surface area (Å²) in [6.07, 6.45) is 1.67. The number of fused-ring (bicyclic) bond motifs is 1. The number of aliphatic carboxylic acids is 1. The molecule has 3 rings (SSSR count). The number of benzene rings is 2. The SMILES string of the molecule is CC(C)Oc1ccc(/C=C(/Sc2nc3ccccc3o2)C(=O)O)cc1. The molecule has 0 spiro atoms. The normalized spacial score (nSPS) is 11.9. The molecule has 2 aromatic carbocycles. The highest BCUT2D eigenvalue weighted by atomic mass is 32.2. The Hall–Kier alpha value is -2.73. The lowest BCUT2D eigenvalue weighted by Crippen LogP contribution is -2.05. The van der Waals surface area contributed by atoms with Gasteiger partial charge in [0.2, 0.25) is 0 Å². The molecule has 25 heavy (non-hydrogen) atoms. The molecule has 0 amide bonds. The van der Waals surface area contributed by atoms with Gasteiger partial charge in [-0.1, -0.05) is 24.3 Å². The number of para-hydroxylation sites is 2.